The first-order chi connectivity index (χ1) is 13.9. The van der Waals surface area contributed by atoms with E-state index in [9.17, 15) is 0 Å². The van der Waals surface area contributed by atoms with Gasteiger partial charge < -0.3 is 0 Å². The second-order valence-electron chi connectivity index (χ2n) is 3.94. The lowest BCUT2D eigenvalue weighted by atomic mass is 9.97. The van der Waals surface area contributed by atoms with Crippen LogP contribution >= 0.6 is 15.9 Å². The summed E-state index contributed by atoms with van der Waals surface area (Å²) >= 11 is 3.09. The minimum absolute atomic E-state index is 0.0422. The Morgan fingerprint density at radius 2 is 1.26 bits per heavy atom. The van der Waals surface area contributed by atoms with E-state index in [0.717, 1.165) is 0 Å². The first-order valence-electron chi connectivity index (χ1n) is 10.9. The molecule has 4 aromatic carbocycles. The molecule has 0 bridgehead atoms. The zero-order valence-electron chi connectivity index (χ0n) is 20.4. The molecule has 0 atom stereocenters. The molecule has 0 saturated carbocycles. The summed E-state index contributed by atoms with van der Waals surface area (Å²) in [5.41, 5.74) is 0. The van der Waals surface area contributed by atoms with Crippen molar-refractivity contribution in [2.75, 3.05) is 0 Å². The highest BCUT2D eigenvalue weighted by atomic mass is 79.9. The van der Waals surface area contributed by atoms with Gasteiger partial charge >= 0.3 is 0 Å². The fraction of sp³-hybridized carbons (Fsp3) is 0. The summed E-state index contributed by atoms with van der Waals surface area (Å²) in [4.78, 5) is 0. The summed E-state index contributed by atoms with van der Waals surface area (Å²) in [6, 6.07) is -5.18. The minimum Gasteiger partial charge on any atom is -0.0616 e. The van der Waals surface area contributed by atoms with Crippen LogP contribution in [0.2, 0.25) is 0 Å². The summed E-state index contributed by atoms with van der Waals surface area (Å²) in [6.07, 6.45) is 0. The zero-order valence-corrected chi connectivity index (χ0v) is 11.0. The quantitative estimate of drug-likeness (QED) is 0.354. The van der Waals surface area contributed by atoms with E-state index in [2.05, 4.69) is 15.9 Å². The molecule has 0 amide bonds. The van der Waals surface area contributed by atoms with Crippen LogP contribution in [0, 0.1) is 0 Å². The van der Waals surface area contributed by atoms with Gasteiger partial charge in [-0.25, -0.2) is 0 Å². The molecule has 0 unspecified atom stereocenters. The van der Waals surface area contributed by atoms with Crippen LogP contribution in [-0.4, -0.2) is 0 Å². The van der Waals surface area contributed by atoms with Crippen molar-refractivity contribution in [3.05, 3.63) is 70.9 Å². The maximum atomic E-state index is 8.51. The van der Waals surface area contributed by atoms with Crippen molar-refractivity contribution in [3.8, 4) is 0 Å². The number of fused-ring (bicyclic) bond motifs is 5. The number of benzene rings is 4. The van der Waals surface area contributed by atoms with Gasteiger partial charge in [0.25, 0.3) is 0 Å². The third-order valence-corrected chi connectivity index (χ3v) is 3.24. The highest BCUT2D eigenvalue weighted by molar-refractivity contribution is 9.10. The number of rotatable bonds is 0. The Hall–Kier alpha value is -1.86. The smallest absolute Gasteiger partial charge is 0.0616 e. The second-order valence-corrected chi connectivity index (χ2v) is 4.73. The lowest BCUT2D eigenvalue weighted by Gasteiger charge is -2.07. The molecule has 0 aliphatic rings. The van der Waals surface area contributed by atoms with E-state index < -0.39 is 54.4 Å². The summed E-state index contributed by atoms with van der Waals surface area (Å²) in [7, 11) is 0. The van der Waals surface area contributed by atoms with Crippen LogP contribution in [0.4, 0.5) is 0 Å². The average Bonchev–Trinajstić information content (AvgIpc) is 2.71. The van der Waals surface area contributed by atoms with Gasteiger partial charge in [-0.05, 0) is 44.4 Å². The van der Waals surface area contributed by atoms with Gasteiger partial charge in [-0.15, -0.1) is 0 Å². The van der Waals surface area contributed by atoms with Crippen molar-refractivity contribution in [2.45, 2.75) is 0 Å². The fourth-order valence-electron chi connectivity index (χ4n) is 2.01. The first-order valence-corrected chi connectivity index (χ1v) is 6.23. The summed E-state index contributed by atoms with van der Waals surface area (Å²) in [5.74, 6) is 0. The van der Waals surface area contributed by atoms with Crippen LogP contribution in [-0.2, 0) is 0 Å². The van der Waals surface area contributed by atoms with Crippen LogP contribution in [0.1, 0.15) is 15.1 Å². The Kier molecular flexibility index (Phi) is 0.987. The van der Waals surface area contributed by atoms with E-state index in [1.807, 2.05) is 0 Å². The van der Waals surface area contributed by atoms with E-state index in [1.54, 1.807) is 0 Å². The molecule has 0 aliphatic carbocycles. The Bertz CT molecular complexity index is 1350. The lowest BCUT2D eigenvalue weighted by Crippen LogP contribution is -1.80. The largest absolute Gasteiger partial charge is 0.0641 e. The monoisotopic (exact) mass is 317 g/mol. The maximum Gasteiger partial charge on any atom is 0.0641 e. The van der Waals surface area contributed by atoms with Crippen molar-refractivity contribution < 1.29 is 15.1 Å². The topological polar surface area (TPSA) is 0 Å². The van der Waals surface area contributed by atoms with Gasteiger partial charge in [-0.1, -0.05) is 70.3 Å². The molecule has 0 nitrogen and oxygen atoms in total. The van der Waals surface area contributed by atoms with Gasteiger partial charge in [0, 0.05) is 4.47 Å². The third kappa shape index (κ3) is 1.66. The van der Waals surface area contributed by atoms with E-state index in [-0.39, 0.29) is 48.9 Å². The molecule has 4 aromatic rings. The van der Waals surface area contributed by atoms with Crippen molar-refractivity contribution in [3.63, 3.8) is 0 Å². The van der Waals surface area contributed by atoms with Gasteiger partial charge in [0.2, 0.25) is 0 Å². The van der Waals surface area contributed by atoms with E-state index in [4.69, 9.17) is 15.1 Å². The SMILES string of the molecule is [2H]c1c([2H])c([2H])c2c(c1[2H])c([2H])c([2H])c1c3c([2H])c(Br)c([2H])c([2H])c3c([2H])c([2H])c21. The average molecular weight is 318 g/mol. The predicted octanol–water partition coefficient (Wildman–Crippen LogP) is 5.91. The molecule has 0 saturated heterocycles. The Balaban J connectivity index is 2.56. The number of hydrogen-bond acceptors (Lipinski definition) is 0. The molecule has 0 aliphatic heterocycles. The molecule has 1 heteroatoms. The highest BCUT2D eigenvalue weighted by Crippen LogP contribution is 2.32. The standard InChI is InChI=1S/C18H11Br/c19-14-8-5-13-7-9-16-15-4-2-1-3-12(15)6-10-17(16)18(13)11-14/h1-11H/i1D,2D,3D,4D,5D,6D,7D,8D,9D,10D,11D. The molecule has 0 heterocycles. The molecular formula is C18H11Br. The van der Waals surface area contributed by atoms with Gasteiger partial charge in [-0.3, -0.25) is 0 Å². The highest BCUT2D eigenvalue weighted by Gasteiger charge is 2.04. The Morgan fingerprint density at radius 1 is 0.632 bits per heavy atom. The zero-order chi connectivity index (χ0) is 22.4. The van der Waals surface area contributed by atoms with Crippen molar-refractivity contribution >= 4 is 48.2 Å². The van der Waals surface area contributed by atoms with Crippen LogP contribution in [0.15, 0.2) is 70.9 Å². The van der Waals surface area contributed by atoms with Crippen molar-refractivity contribution in [2.24, 2.45) is 0 Å². The van der Waals surface area contributed by atoms with Gasteiger partial charge in [-0.2, -0.15) is 0 Å². The van der Waals surface area contributed by atoms with Crippen LogP contribution in [0.25, 0.3) is 32.3 Å². The summed E-state index contributed by atoms with van der Waals surface area (Å²) < 4.78 is 90.8. The normalized spacial score (nSPS) is 19.5. The Labute approximate surface area is 135 Å². The Morgan fingerprint density at radius 3 is 2.11 bits per heavy atom. The molecule has 0 spiro atoms. The predicted molar refractivity (Wildman–Crippen MR) is 86.7 cm³/mol. The molecule has 0 N–H and O–H groups in total. The van der Waals surface area contributed by atoms with Crippen LogP contribution < -0.4 is 0 Å². The maximum absolute atomic E-state index is 8.51. The molecule has 4 rings (SSSR count). The van der Waals surface area contributed by atoms with Gasteiger partial charge in [0.1, 0.15) is 0 Å². The molecule has 90 valence electrons. The molecule has 0 radical (unpaired) electrons. The summed E-state index contributed by atoms with van der Waals surface area (Å²) in [5, 5.41) is -0.930. The number of halogens is 1. The molecule has 0 fully saturated rings. The van der Waals surface area contributed by atoms with Gasteiger partial charge in [0.05, 0.1) is 15.1 Å². The van der Waals surface area contributed by atoms with Crippen molar-refractivity contribution in [1.29, 1.82) is 0 Å². The first kappa shape index (κ1) is 4.60. The summed E-state index contributed by atoms with van der Waals surface area (Å²) in [6.45, 7) is 0. The molecule has 0 aromatic heterocycles. The fourth-order valence-corrected chi connectivity index (χ4v) is 2.31. The third-order valence-electron chi connectivity index (χ3n) is 2.84. The molecular weight excluding hydrogens is 296 g/mol. The lowest BCUT2D eigenvalue weighted by molar-refractivity contribution is 1.73. The molecule has 19 heavy (non-hydrogen) atoms. The van der Waals surface area contributed by atoms with Crippen LogP contribution in [0.5, 0.6) is 0 Å². The van der Waals surface area contributed by atoms with E-state index >= 15 is 0 Å². The van der Waals surface area contributed by atoms with E-state index in [0.29, 0.717) is 0 Å². The number of hydrogen-bond donors (Lipinski definition) is 0. The minimum atomic E-state index is -0.577. The van der Waals surface area contributed by atoms with Gasteiger partial charge in [0.15, 0.2) is 0 Å². The second kappa shape index (κ2) is 4.07. The van der Waals surface area contributed by atoms with E-state index in [1.165, 1.54) is 0 Å². The van der Waals surface area contributed by atoms with Crippen LogP contribution in [0.3, 0.4) is 0 Å². The van der Waals surface area contributed by atoms with Crippen molar-refractivity contribution in [1.82, 2.24) is 0 Å².